The van der Waals surface area contributed by atoms with Crippen LogP contribution in [0.1, 0.15) is 30.2 Å². The van der Waals surface area contributed by atoms with E-state index in [1.807, 2.05) is 24.3 Å². The summed E-state index contributed by atoms with van der Waals surface area (Å²) in [5.74, 6) is 1.83. The molecule has 7 heteroatoms. The van der Waals surface area contributed by atoms with Gasteiger partial charge in [-0.3, -0.25) is 9.79 Å². The number of para-hydroxylation sites is 1. The second-order valence-corrected chi connectivity index (χ2v) is 5.71. The molecule has 0 spiro atoms. The Morgan fingerprint density at radius 2 is 2.17 bits per heavy atom. The molecule has 1 unspecified atom stereocenters. The first-order valence-corrected chi connectivity index (χ1v) is 7.58. The predicted molar refractivity (Wildman–Crippen MR) is 82.7 cm³/mol. The smallest absolute Gasteiger partial charge is 0.278 e. The van der Waals surface area contributed by atoms with Crippen molar-refractivity contribution in [1.82, 2.24) is 10.1 Å². The molecule has 1 saturated carbocycles. The fourth-order valence-electron chi connectivity index (χ4n) is 2.62. The van der Waals surface area contributed by atoms with Gasteiger partial charge < -0.3 is 9.26 Å². The van der Waals surface area contributed by atoms with Crippen molar-refractivity contribution in [2.24, 2.45) is 4.99 Å². The van der Waals surface area contributed by atoms with Gasteiger partial charge in [0.05, 0.1) is 7.11 Å². The summed E-state index contributed by atoms with van der Waals surface area (Å²) in [6.45, 7) is 0. The summed E-state index contributed by atoms with van der Waals surface area (Å²) in [6, 6.07) is 7.13. The van der Waals surface area contributed by atoms with Gasteiger partial charge in [0, 0.05) is 12.3 Å². The summed E-state index contributed by atoms with van der Waals surface area (Å²) in [6.07, 6.45) is 4.09. The Morgan fingerprint density at radius 3 is 2.96 bits per heavy atom. The number of hydrogen-bond acceptors (Lipinski definition) is 6. The number of methoxy groups -OCH3 is 1. The topological polar surface area (TPSA) is 80.8 Å². The molecule has 2 heterocycles. The SMILES string of the molecule is COc1ccccc1CC1N=CN(c2noc(C3CC3)n2)C1=O. The van der Waals surface area contributed by atoms with E-state index in [1.165, 1.54) is 11.2 Å². The number of benzene rings is 1. The van der Waals surface area contributed by atoms with Crippen molar-refractivity contribution < 1.29 is 14.1 Å². The van der Waals surface area contributed by atoms with Gasteiger partial charge in [-0.1, -0.05) is 18.2 Å². The molecule has 0 radical (unpaired) electrons. The van der Waals surface area contributed by atoms with Crippen LogP contribution in [0.5, 0.6) is 5.75 Å². The lowest BCUT2D eigenvalue weighted by Crippen LogP contribution is -2.32. The predicted octanol–water partition coefficient (Wildman–Crippen LogP) is 1.94. The molecular formula is C16H16N4O3. The van der Waals surface area contributed by atoms with Gasteiger partial charge in [-0.2, -0.15) is 4.98 Å². The Morgan fingerprint density at radius 1 is 1.35 bits per heavy atom. The number of carbonyl (C=O) groups is 1. The molecule has 4 rings (SSSR count). The molecule has 1 fully saturated rings. The number of rotatable bonds is 5. The second kappa shape index (κ2) is 5.49. The molecule has 1 aromatic heterocycles. The number of aromatic nitrogens is 2. The molecule has 2 aliphatic rings. The number of amides is 1. The Hall–Kier alpha value is -2.70. The van der Waals surface area contributed by atoms with Crippen molar-refractivity contribution in [2.45, 2.75) is 31.2 Å². The second-order valence-electron chi connectivity index (χ2n) is 5.71. The first kappa shape index (κ1) is 13.9. The zero-order valence-electron chi connectivity index (χ0n) is 12.7. The summed E-state index contributed by atoms with van der Waals surface area (Å²) in [5, 5.41) is 3.89. The average Bonchev–Trinajstić information content (AvgIpc) is 3.21. The van der Waals surface area contributed by atoms with E-state index in [9.17, 15) is 4.79 Å². The highest BCUT2D eigenvalue weighted by Crippen LogP contribution is 2.39. The molecule has 118 valence electrons. The van der Waals surface area contributed by atoms with Gasteiger partial charge in [0.1, 0.15) is 18.1 Å². The molecule has 23 heavy (non-hydrogen) atoms. The maximum atomic E-state index is 12.5. The lowest BCUT2D eigenvalue weighted by molar-refractivity contribution is -0.118. The van der Waals surface area contributed by atoms with Crippen LogP contribution in [0.25, 0.3) is 0 Å². The van der Waals surface area contributed by atoms with Gasteiger partial charge in [0.2, 0.25) is 5.89 Å². The zero-order chi connectivity index (χ0) is 15.8. The quantitative estimate of drug-likeness (QED) is 0.843. The Kier molecular flexibility index (Phi) is 3.33. The molecule has 1 aliphatic heterocycles. The normalized spacial score (nSPS) is 20.3. The van der Waals surface area contributed by atoms with Crippen molar-refractivity contribution in [2.75, 3.05) is 12.0 Å². The molecule has 1 amide bonds. The lowest BCUT2D eigenvalue weighted by Gasteiger charge is -2.12. The fraction of sp³-hybridized carbons (Fsp3) is 0.375. The highest BCUT2D eigenvalue weighted by molar-refractivity contribution is 6.13. The van der Waals surface area contributed by atoms with E-state index in [0.717, 1.165) is 24.2 Å². The minimum absolute atomic E-state index is 0.154. The molecule has 1 aromatic carbocycles. The largest absolute Gasteiger partial charge is 0.496 e. The van der Waals surface area contributed by atoms with Gasteiger partial charge in [0.25, 0.3) is 11.9 Å². The van der Waals surface area contributed by atoms with Gasteiger partial charge >= 0.3 is 0 Å². The first-order valence-electron chi connectivity index (χ1n) is 7.58. The third-order valence-electron chi connectivity index (χ3n) is 4.06. The standard InChI is InChI=1S/C16H16N4O3/c1-22-13-5-3-2-4-11(13)8-12-15(21)20(9-17-12)16-18-14(23-19-16)10-6-7-10/h2-5,9-10,12H,6-8H2,1H3. The van der Waals surface area contributed by atoms with Crippen molar-refractivity contribution in [1.29, 1.82) is 0 Å². The fourth-order valence-corrected chi connectivity index (χ4v) is 2.62. The number of carbonyl (C=O) groups excluding carboxylic acids is 1. The van der Waals surface area contributed by atoms with Gasteiger partial charge in [-0.25, -0.2) is 4.90 Å². The lowest BCUT2D eigenvalue weighted by atomic mass is 10.1. The molecular weight excluding hydrogens is 296 g/mol. The maximum absolute atomic E-state index is 12.5. The van der Waals surface area contributed by atoms with E-state index in [2.05, 4.69) is 15.1 Å². The van der Waals surface area contributed by atoms with Crippen molar-refractivity contribution in [3.05, 3.63) is 35.7 Å². The number of hydrogen-bond donors (Lipinski definition) is 0. The average molecular weight is 312 g/mol. The van der Waals surface area contributed by atoms with Crippen LogP contribution in [0.3, 0.4) is 0 Å². The Bertz CT molecular complexity index is 766. The molecule has 0 bridgehead atoms. The summed E-state index contributed by atoms with van der Waals surface area (Å²) in [7, 11) is 1.61. The molecule has 0 saturated heterocycles. The number of anilines is 1. The third-order valence-corrected chi connectivity index (χ3v) is 4.06. The Labute approximate surface area is 133 Å². The number of ether oxygens (including phenoxy) is 1. The van der Waals surface area contributed by atoms with Crippen molar-refractivity contribution in [3.8, 4) is 5.75 Å². The Balaban J connectivity index is 1.50. The number of aliphatic imine (C=N–C) groups is 1. The maximum Gasteiger partial charge on any atom is 0.278 e. The van der Waals surface area contributed by atoms with Crippen LogP contribution >= 0.6 is 0 Å². The minimum Gasteiger partial charge on any atom is -0.496 e. The van der Waals surface area contributed by atoms with Crippen molar-refractivity contribution >= 4 is 18.2 Å². The van der Waals surface area contributed by atoms with Crippen molar-refractivity contribution in [3.63, 3.8) is 0 Å². The van der Waals surface area contributed by atoms with Gasteiger partial charge in [-0.05, 0) is 29.6 Å². The monoisotopic (exact) mass is 312 g/mol. The van der Waals surface area contributed by atoms with Crippen LogP contribution in [0, 0.1) is 0 Å². The molecule has 0 N–H and O–H groups in total. The zero-order valence-corrected chi connectivity index (χ0v) is 12.7. The van der Waals surface area contributed by atoms with Crippen LogP contribution in [-0.4, -0.2) is 35.5 Å². The van der Waals surface area contributed by atoms with Crippen LogP contribution in [-0.2, 0) is 11.2 Å². The molecule has 1 aliphatic carbocycles. The van der Waals surface area contributed by atoms with E-state index >= 15 is 0 Å². The summed E-state index contributed by atoms with van der Waals surface area (Å²) < 4.78 is 10.5. The van der Waals surface area contributed by atoms with E-state index in [1.54, 1.807) is 7.11 Å². The van der Waals surface area contributed by atoms with Crippen LogP contribution in [0.4, 0.5) is 5.95 Å². The van der Waals surface area contributed by atoms with E-state index < -0.39 is 6.04 Å². The van der Waals surface area contributed by atoms with E-state index in [-0.39, 0.29) is 11.9 Å². The van der Waals surface area contributed by atoms with E-state index in [4.69, 9.17) is 9.26 Å². The summed E-state index contributed by atoms with van der Waals surface area (Å²) in [5.41, 5.74) is 0.944. The molecule has 1 atom stereocenters. The van der Waals surface area contributed by atoms with Gasteiger partial charge in [0.15, 0.2) is 0 Å². The first-order chi connectivity index (χ1) is 11.3. The van der Waals surface area contributed by atoms with Gasteiger partial charge in [-0.15, -0.1) is 0 Å². The third kappa shape index (κ3) is 2.58. The van der Waals surface area contributed by atoms with Crippen LogP contribution < -0.4 is 9.64 Å². The highest BCUT2D eigenvalue weighted by Gasteiger charge is 2.35. The summed E-state index contributed by atoms with van der Waals surface area (Å²) >= 11 is 0. The van der Waals surface area contributed by atoms with Crippen LogP contribution in [0.15, 0.2) is 33.8 Å². The number of nitrogens with zero attached hydrogens (tertiary/aromatic N) is 4. The van der Waals surface area contributed by atoms with E-state index in [0.29, 0.717) is 18.2 Å². The molecule has 7 nitrogen and oxygen atoms in total. The molecule has 2 aromatic rings. The summed E-state index contributed by atoms with van der Waals surface area (Å²) in [4.78, 5) is 22.5. The van der Waals surface area contributed by atoms with Crippen LogP contribution in [0.2, 0.25) is 0 Å². The highest BCUT2D eigenvalue weighted by atomic mass is 16.5. The minimum atomic E-state index is -0.492.